The predicted octanol–water partition coefficient (Wildman–Crippen LogP) is 1.19. The average Bonchev–Trinajstić information content (AvgIpc) is 3.23. The number of aromatic nitrogens is 2. The highest BCUT2D eigenvalue weighted by molar-refractivity contribution is 5.86. The van der Waals surface area contributed by atoms with Gasteiger partial charge in [0, 0.05) is 24.6 Å². The molecule has 1 aromatic carbocycles. The summed E-state index contributed by atoms with van der Waals surface area (Å²) in [5.41, 5.74) is 1.76. The Kier molecular flexibility index (Phi) is 4.06. The lowest BCUT2D eigenvalue weighted by Crippen LogP contribution is -2.42. The van der Waals surface area contributed by atoms with E-state index in [0.717, 1.165) is 30.0 Å². The van der Waals surface area contributed by atoms with Crippen LogP contribution in [0.2, 0.25) is 0 Å². The number of carbonyl (C=O) groups is 1. The van der Waals surface area contributed by atoms with E-state index in [0.29, 0.717) is 18.7 Å². The zero-order valence-corrected chi connectivity index (χ0v) is 13.5. The lowest BCUT2D eigenvalue weighted by Gasteiger charge is -2.36. The lowest BCUT2D eigenvalue weighted by atomic mass is 9.86. The number of carboxylic acid groups (broad SMARTS) is 1. The third-order valence-corrected chi connectivity index (χ3v) is 4.82. The van der Waals surface area contributed by atoms with E-state index in [2.05, 4.69) is 10.2 Å². The highest BCUT2D eigenvalue weighted by atomic mass is 16.7. The maximum absolute atomic E-state index is 11.2. The molecule has 2 aromatic rings. The van der Waals surface area contributed by atoms with Gasteiger partial charge in [0.05, 0.1) is 12.3 Å². The Balaban J connectivity index is 1.44. The minimum atomic E-state index is -1.02. The molecule has 2 atom stereocenters. The number of β-amino-alcohol motifs (C(OH)–C–C–N with tert-alkyl or cyclic N) is 1. The molecule has 0 bridgehead atoms. The molecular weight excluding hydrogens is 326 g/mol. The Morgan fingerprint density at radius 3 is 3.00 bits per heavy atom. The van der Waals surface area contributed by atoms with Gasteiger partial charge >= 0.3 is 5.97 Å². The molecule has 0 aliphatic carbocycles. The molecule has 3 N–H and O–H groups in total. The van der Waals surface area contributed by atoms with Crippen molar-refractivity contribution in [2.45, 2.75) is 25.0 Å². The van der Waals surface area contributed by atoms with E-state index in [9.17, 15) is 9.90 Å². The standard InChI is InChI=1S/C17H19N3O5/c21-13-8-20(7-11-6-18-19-16(11)17(22)23)4-3-12(13)10-1-2-14-15(5-10)25-9-24-14/h1-2,5-6,12-13,21H,3-4,7-9H2,(H,18,19)(H,22,23)/t12-,13+/m0/s1. The van der Waals surface area contributed by atoms with Crippen molar-refractivity contribution in [3.8, 4) is 11.5 Å². The molecular formula is C17H19N3O5. The Labute approximate surface area is 144 Å². The molecule has 0 spiro atoms. The number of aromatic amines is 1. The van der Waals surface area contributed by atoms with E-state index < -0.39 is 12.1 Å². The summed E-state index contributed by atoms with van der Waals surface area (Å²) >= 11 is 0. The summed E-state index contributed by atoms with van der Waals surface area (Å²) in [6.07, 6.45) is 1.77. The summed E-state index contributed by atoms with van der Waals surface area (Å²) in [5.74, 6) is 0.450. The van der Waals surface area contributed by atoms with E-state index >= 15 is 0 Å². The molecule has 1 aromatic heterocycles. The number of aliphatic hydroxyl groups is 1. The van der Waals surface area contributed by atoms with Crippen LogP contribution in [-0.4, -0.2) is 57.3 Å². The number of hydrogen-bond donors (Lipinski definition) is 3. The maximum atomic E-state index is 11.2. The highest BCUT2D eigenvalue weighted by Crippen LogP contribution is 2.37. The molecule has 1 fully saturated rings. The fraction of sp³-hybridized carbons (Fsp3) is 0.412. The number of H-pyrrole nitrogens is 1. The van der Waals surface area contributed by atoms with Gasteiger partial charge in [0.1, 0.15) is 5.69 Å². The minimum Gasteiger partial charge on any atom is -0.477 e. The second-order valence-corrected chi connectivity index (χ2v) is 6.39. The van der Waals surface area contributed by atoms with Gasteiger partial charge in [-0.15, -0.1) is 0 Å². The molecule has 8 nitrogen and oxygen atoms in total. The van der Waals surface area contributed by atoms with Crippen LogP contribution in [0.5, 0.6) is 11.5 Å². The Bertz CT molecular complexity index is 790. The van der Waals surface area contributed by atoms with E-state index in [1.54, 1.807) is 0 Å². The summed E-state index contributed by atoms with van der Waals surface area (Å²) in [6.45, 7) is 1.92. The average molecular weight is 345 g/mol. The third-order valence-electron chi connectivity index (χ3n) is 4.82. The molecule has 1 saturated heterocycles. The number of rotatable bonds is 4. The second kappa shape index (κ2) is 6.38. The van der Waals surface area contributed by atoms with Crippen molar-refractivity contribution < 1.29 is 24.5 Å². The van der Waals surface area contributed by atoms with Crippen molar-refractivity contribution in [2.24, 2.45) is 0 Å². The van der Waals surface area contributed by atoms with Gasteiger partial charge in [0.25, 0.3) is 0 Å². The minimum absolute atomic E-state index is 0.0223. The van der Waals surface area contributed by atoms with Gasteiger partial charge in [0.2, 0.25) is 6.79 Å². The quantitative estimate of drug-likeness (QED) is 0.764. The van der Waals surface area contributed by atoms with E-state index in [1.165, 1.54) is 6.20 Å². The monoisotopic (exact) mass is 345 g/mol. The number of carboxylic acids is 1. The Hall–Kier alpha value is -2.58. The zero-order valence-electron chi connectivity index (χ0n) is 13.5. The van der Waals surface area contributed by atoms with Crippen molar-refractivity contribution in [1.82, 2.24) is 15.1 Å². The Morgan fingerprint density at radius 1 is 1.36 bits per heavy atom. The van der Waals surface area contributed by atoms with Crippen molar-refractivity contribution in [1.29, 1.82) is 0 Å². The molecule has 2 aliphatic heterocycles. The van der Waals surface area contributed by atoms with Gasteiger partial charge < -0.3 is 19.7 Å². The molecule has 8 heteroatoms. The van der Waals surface area contributed by atoms with Crippen LogP contribution in [0.15, 0.2) is 24.4 Å². The van der Waals surface area contributed by atoms with Gasteiger partial charge in [-0.05, 0) is 30.7 Å². The first kappa shape index (κ1) is 15.9. The first-order chi connectivity index (χ1) is 12.1. The number of benzene rings is 1. The van der Waals surface area contributed by atoms with Gasteiger partial charge in [-0.2, -0.15) is 5.10 Å². The number of fused-ring (bicyclic) bond motifs is 1. The van der Waals surface area contributed by atoms with Crippen LogP contribution in [0.1, 0.15) is 34.0 Å². The molecule has 132 valence electrons. The molecule has 0 saturated carbocycles. The number of nitrogens with one attached hydrogen (secondary N) is 1. The topological polar surface area (TPSA) is 108 Å². The molecule has 25 heavy (non-hydrogen) atoms. The fourth-order valence-electron chi connectivity index (χ4n) is 3.53. The van der Waals surface area contributed by atoms with Gasteiger partial charge in [-0.3, -0.25) is 10.00 Å². The fourth-order valence-corrected chi connectivity index (χ4v) is 3.53. The van der Waals surface area contributed by atoms with Crippen LogP contribution in [0.3, 0.4) is 0 Å². The number of nitrogens with zero attached hydrogens (tertiary/aromatic N) is 2. The molecule has 0 unspecified atom stereocenters. The largest absolute Gasteiger partial charge is 0.477 e. The summed E-state index contributed by atoms with van der Waals surface area (Å²) in [4.78, 5) is 13.2. The predicted molar refractivity (Wildman–Crippen MR) is 86.8 cm³/mol. The van der Waals surface area contributed by atoms with Crippen LogP contribution in [0.4, 0.5) is 0 Å². The van der Waals surface area contributed by atoms with Crippen LogP contribution >= 0.6 is 0 Å². The Morgan fingerprint density at radius 2 is 2.20 bits per heavy atom. The summed E-state index contributed by atoms with van der Waals surface area (Å²) in [7, 11) is 0. The SMILES string of the molecule is O=C(O)c1[nH]ncc1CN1CC[C@@H](c2ccc3c(c2)OCO3)[C@H](O)C1. The van der Waals surface area contributed by atoms with Crippen LogP contribution in [-0.2, 0) is 6.54 Å². The number of aliphatic hydroxyl groups excluding tert-OH is 1. The first-order valence-electron chi connectivity index (χ1n) is 8.17. The molecule has 0 amide bonds. The van der Waals surface area contributed by atoms with Gasteiger partial charge in [0.15, 0.2) is 11.5 Å². The molecule has 0 radical (unpaired) electrons. The van der Waals surface area contributed by atoms with Crippen LogP contribution in [0, 0.1) is 0 Å². The van der Waals surface area contributed by atoms with Crippen LogP contribution < -0.4 is 9.47 Å². The van der Waals surface area contributed by atoms with Gasteiger partial charge in [-0.25, -0.2) is 4.79 Å². The second-order valence-electron chi connectivity index (χ2n) is 6.39. The molecule has 2 aliphatic rings. The smallest absolute Gasteiger partial charge is 0.354 e. The molecule has 3 heterocycles. The van der Waals surface area contributed by atoms with E-state index in [1.807, 2.05) is 23.1 Å². The first-order valence-corrected chi connectivity index (χ1v) is 8.17. The maximum Gasteiger partial charge on any atom is 0.354 e. The lowest BCUT2D eigenvalue weighted by molar-refractivity contribution is 0.0472. The number of hydrogen-bond acceptors (Lipinski definition) is 6. The zero-order chi connectivity index (χ0) is 17.4. The summed E-state index contributed by atoms with van der Waals surface area (Å²) < 4.78 is 10.7. The van der Waals surface area contributed by atoms with Crippen molar-refractivity contribution in [2.75, 3.05) is 19.9 Å². The number of aromatic carboxylic acids is 1. The highest BCUT2D eigenvalue weighted by Gasteiger charge is 2.30. The summed E-state index contributed by atoms with van der Waals surface area (Å²) in [5, 5.41) is 26.0. The van der Waals surface area contributed by atoms with Crippen molar-refractivity contribution in [3.05, 3.63) is 41.2 Å². The van der Waals surface area contributed by atoms with Crippen molar-refractivity contribution >= 4 is 5.97 Å². The van der Waals surface area contributed by atoms with Crippen LogP contribution in [0.25, 0.3) is 0 Å². The number of likely N-dealkylation sites (tertiary alicyclic amines) is 1. The number of piperidine rings is 1. The number of ether oxygens (including phenoxy) is 2. The molecule has 4 rings (SSSR count). The van der Waals surface area contributed by atoms with E-state index in [-0.39, 0.29) is 18.4 Å². The van der Waals surface area contributed by atoms with E-state index in [4.69, 9.17) is 14.6 Å². The van der Waals surface area contributed by atoms with Gasteiger partial charge in [-0.1, -0.05) is 6.07 Å². The van der Waals surface area contributed by atoms with Crippen molar-refractivity contribution in [3.63, 3.8) is 0 Å². The summed E-state index contributed by atoms with van der Waals surface area (Å²) in [6, 6.07) is 5.78. The third kappa shape index (κ3) is 3.06. The normalized spacial score (nSPS) is 22.9.